The summed E-state index contributed by atoms with van der Waals surface area (Å²) in [5, 5.41) is 21.7. The van der Waals surface area contributed by atoms with E-state index in [2.05, 4.69) is 11.4 Å². The number of hydrogen-bond donors (Lipinski definition) is 2. The minimum atomic E-state index is -0.499. The van der Waals surface area contributed by atoms with Crippen molar-refractivity contribution in [1.82, 2.24) is 5.32 Å². The van der Waals surface area contributed by atoms with Gasteiger partial charge in [0.25, 0.3) is 5.91 Å². The van der Waals surface area contributed by atoms with Gasteiger partial charge in [-0.15, -0.1) is 0 Å². The van der Waals surface area contributed by atoms with Crippen LogP contribution in [0.4, 0.5) is 0 Å². The minimum Gasteiger partial charge on any atom is -0.508 e. The lowest BCUT2D eigenvalue weighted by Crippen LogP contribution is -2.40. The molecule has 4 nitrogen and oxygen atoms in total. The van der Waals surface area contributed by atoms with Gasteiger partial charge in [-0.2, -0.15) is 5.26 Å². The van der Waals surface area contributed by atoms with E-state index >= 15 is 0 Å². The molecule has 20 heavy (non-hydrogen) atoms. The number of amides is 1. The van der Waals surface area contributed by atoms with E-state index < -0.39 is 11.9 Å². The molecular formula is C15H17ClN2O2. The molecule has 0 spiro atoms. The average Bonchev–Trinajstić information content (AvgIpc) is 2.48. The van der Waals surface area contributed by atoms with Crippen molar-refractivity contribution >= 4 is 17.5 Å². The van der Waals surface area contributed by atoms with Gasteiger partial charge >= 0.3 is 0 Å². The Morgan fingerprint density at radius 2 is 2.10 bits per heavy atom. The van der Waals surface area contributed by atoms with Crippen molar-refractivity contribution in [2.75, 3.05) is 0 Å². The van der Waals surface area contributed by atoms with Gasteiger partial charge in [-0.25, -0.2) is 0 Å². The topological polar surface area (TPSA) is 73.1 Å². The SMILES string of the molecule is N#CC(NC(=O)c1cc(O)ccc1Cl)C1CCCCC1. The third-order valence-electron chi connectivity index (χ3n) is 3.74. The van der Waals surface area contributed by atoms with Gasteiger partial charge in [0.1, 0.15) is 11.8 Å². The molecule has 0 aromatic heterocycles. The van der Waals surface area contributed by atoms with E-state index in [1.165, 1.54) is 24.6 Å². The summed E-state index contributed by atoms with van der Waals surface area (Å²) < 4.78 is 0. The summed E-state index contributed by atoms with van der Waals surface area (Å²) in [6.07, 6.45) is 5.33. The summed E-state index contributed by atoms with van der Waals surface area (Å²) in [4.78, 5) is 12.2. The van der Waals surface area contributed by atoms with E-state index in [0.717, 1.165) is 25.7 Å². The van der Waals surface area contributed by atoms with Crippen molar-refractivity contribution in [2.45, 2.75) is 38.1 Å². The Hall–Kier alpha value is -1.73. The summed E-state index contributed by atoms with van der Waals surface area (Å²) in [6.45, 7) is 0. The van der Waals surface area contributed by atoms with E-state index in [1.807, 2.05) is 0 Å². The number of benzene rings is 1. The highest BCUT2D eigenvalue weighted by atomic mass is 35.5. The number of carbonyl (C=O) groups excluding carboxylic acids is 1. The Labute approximate surface area is 123 Å². The molecule has 0 heterocycles. The summed E-state index contributed by atoms with van der Waals surface area (Å²) >= 11 is 5.95. The van der Waals surface area contributed by atoms with Gasteiger partial charge in [-0.3, -0.25) is 4.79 Å². The number of phenols is 1. The van der Waals surface area contributed by atoms with Crippen LogP contribution in [0.5, 0.6) is 5.75 Å². The first-order valence-electron chi connectivity index (χ1n) is 6.81. The second-order valence-electron chi connectivity index (χ2n) is 5.14. The second-order valence-corrected chi connectivity index (χ2v) is 5.55. The van der Waals surface area contributed by atoms with Crippen LogP contribution in [0, 0.1) is 17.2 Å². The van der Waals surface area contributed by atoms with Gasteiger partial charge in [0.2, 0.25) is 0 Å². The molecule has 1 fully saturated rings. The van der Waals surface area contributed by atoms with E-state index in [0.29, 0.717) is 0 Å². The van der Waals surface area contributed by atoms with Gasteiger partial charge in [0.05, 0.1) is 16.7 Å². The molecule has 1 atom stereocenters. The average molecular weight is 293 g/mol. The Morgan fingerprint density at radius 3 is 2.75 bits per heavy atom. The van der Waals surface area contributed by atoms with Crippen LogP contribution in [-0.2, 0) is 0 Å². The third kappa shape index (κ3) is 3.43. The Kier molecular flexibility index (Phi) is 4.86. The van der Waals surface area contributed by atoms with Gasteiger partial charge in [0, 0.05) is 0 Å². The van der Waals surface area contributed by atoms with Gasteiger partial charge in [-0.05, 0) is 37.0 Å². The normalized spacial score (nSPS) is 17.2. The number of nitrogens with one attached hydrogen (secondary N) is 1. The number of phenolic OH excluding ortho intramolecular Hbond substituents is 1. The summed E-state index contributed by atoms with van der Waals surface area (Å²) in [5.41, 5.74) is 0.197. The molecule has 1 aromatic carbocycles. The number of nitrogens with zero attached hydrogens (tertiary/aromatic N) is 1. The molecule has 0 saturated heterocycles. The summed E-state index contributed by atoms with van der Waals surface area (Å²) in [5.74, 6) is -0.234. The number of rotatable bonds is 3. The van der Waals surface area contributed by atoms with E-state index in [4.69, 9.17) is 11.6 Å². The Morgan fingerprint density at radius 1 is 1.40 bits per heavy atom. The molecule has 2 rings (SSSR count). The fourth-order valence-electron chi connectivity index (χ4n) is 2.63. The number of hydrogen-bond acceptors (Lipinski definition) is 3. The van der Waals surface area contributed by atoms with Crippen LogP contribution < -0.4 is 5.32 Å². The van der Waals surface area contributed by atoms with Crippen LogP contribution >= 0.6 is 11.6 Å². The van der Waals surface area contributed by atoms with E-state index in [-0.39, 0.29) is 22.3 Å². The van der Waals surface area contributed by atoms with Crippen LogP contribution in [0.25, 0.3) is 0 Å². The van der Waals surface area contributed by atoms with E-state index in [1.54, 1.807) is 0 Å². The molecule has 0 radical (unpaired) electrons. The van der Waals surface area contributed by atoms with E-state index in [9.17, 15) is 15.2 Å². The molecule has 1 amide bonds. The maximum atomic E-state index is 12.2. The number of nitriles is 1. The lowest BCUT2D eigenvalue weighted by atomic mass is 9.84. The van der Waals surface area contributed by atoms with Crippen molar-refractivity contribution in [3.8, 4) is 11.8 Å². The predicted molar refractivity (Wildman–Crippen MR) is 76.6 cm³/mol. The van der Waals surface area contributed by atoms with Crippen molar-refractivity contribution < 1.29 is 9.90 Å². The van der Waals surface area contributed by atoms with Crippen LogP contribution in [0.15, 0.2) is 18.2 Å². The molecule has 1 unspecified atom stereocenters. The van der Waals surface area contributed by atoms with Crippen LogP contribution in [-0.4, -0.2) is 17.1 Å². The maximum Gasteiger partial charge on any atom is 0.253 e. The van der Waals surface area contributed by atoms with Gasteiger partial charge in [-0.1, -0.05) is 30.9 Å². The van der Waals surface area contributed by atoms with Crippen molar-refractivity contribution in [3.63, 3.8) is 0 Å². The van der Waals surface area contributed by atoms with Crippen LogP contribution in [0.1, 0.15) is 42.5 Å². The van der Waals surface area contributed by atoms with Crippen molar-refractivity contribution in [1.29, 1.82) is 5.26 Å². The molecule has 2 N–H and O–H groups in total. The summed E-state index contributed by atoms with van der Waals surface area (Å²) in [6, 6.07) is 5.87. The fourth-order valence-corrected chi connectivity index (χ4v) is 2.83. The largest absolute Gasteiger partial charge is 0.508 e. The van der Waals surface area contributed by atoms with Gasteiger partial charge < -0.3 is 10.4 Å². The molecule has 106 valence electrons. The lowest BCUT2D eigenvalue weighted by Gasteiger charge is -2.26. The Bertz CT molecular complexity index is 533. The zero-order chi connectivity index (χ0) is 14.5. The first-order valence-corrected chi connectivity index (χ1v) is 7.18. The van der Waals surface area contributed by atoms with Crippen LogP contribution in [0.3, 0.4) is 0 Å². The quantitative estimate of drug-likeness (QED) is 0.898. The molecule has 1 aliphatic carbocycles. The zero-order valence-corrected chi connectivity index (χ0v) is 11.9. The van der Waals surface area contributed by atoms with Crippen molar-refractivity contribution in [2.24, 2.45) is 5.92 Å². The van der Waals surface area contributed by atoms with Crippen molar-refractivity contribution in [3.05, 3.63) is 28.8 Å². The molecule has 1 aliphatic rings. The molecule has 5 heteroatoms. The molecular weight excluding hydrogens is 276 g/mol. The smallest absolute Gasteiger partial charge is 0.253 e. The molecule has 1 saturated carbocycles. The predicted octanol–water partition coefficient (Wildman–Crippen LogP) is 3.25. The highest BCUT2D eigenvalue weighted by Crippen LogP contribution is 2.27. The first kappa shape index (κ1) is 14.7. The highest BCUT2D eigenvalue weighted by Gasteiger charge is 2.25. The molecule has 1 aromatic rings. The summed E-state index contributed by atoms with van der Waals surface area (Å²) in [7, 11) is 0. The number of carbonyl (C=O) groups is 1. The Balaban J connectivity index is 2.09. The van der Waals surface area contributed by atoms with Crippen LogP contribution in [0.2, 0.25) is 5.02 Å². The lowest BCUT2D eigenvalue weighted by molar-refractivity contribution is 0.0928. The molecule has 0 aliphatic heterocycles. The van der Waals surface area contributed by atoms with Gasteiger partial charge in [0.15, 0.2) is 0 Å². The highest BCUT2D eigenvalue weighted by molar-refractivity contribution is 6.33. The fraction of sp³-hybridized carbons (Fsp3) is 0.467. The monoisotopic (exact) mass is 292 g/mol. The second kappa shape index (κ2) is 6.62. The first-order chi connectivity index (χ1) is 9.61. The number of halogens is 1. The standard InChI is InChI=1S/C15H17ClN2O2/c16-13-7-6-11(19)8-12(13)15(20)18-14(9-17)10-4-2-1-3-5-10/h6-8,10,14,19H,1-5H2,(H,18,20). The minimum absolute atomic E-state index is 0.0225. The third-order valence-corrected chi connectivity index (χ3v) is 4.07. The maximum absolute atomic E-state index is 12.2. The molecule has 0 bridgehead atoms. The number of aromatic hydroxyl groups is 1. The zero-order valence-electron chi connectivity index (χ0n) is 11.1.